The lowest BCUT2D eigenvalue weighted by atomic mass is 10.1. The van der Waals surface area contributed by atoms with Crippen LogP contribution in [0.2, 0.25) is 0 Å². The third-order valence-electron chi connectivity index (χ3n) is 4.33. The van der Waals surface area contributed by atoms with E-state index in [0.29, 0.717) is 30.9 Å². The van der Waals surface area contributed by atoms with E-state index in [4.69, 9.17) is 0 Å². The molecule has 1 saturated heterocycles. The van der Waals surface area contributed by atoms with Crippen LogP contribution in [-0.2, 0) is 0 Å². The quantitative estimate of drug-likeness (QED) is 0.842. The Morgan fingerprint density at radius 1 is 1.25 bits per heavy atom. The van der Waals surface area contributed by atoms with Crippen molar-refractivity contribution in [1.82, 2.24) is 30.0 Å². The minimum absolute atomic E-state index is 0.0169. The van der Waals surface area contributed by atoms with Crippen molar-refractivity contribution in [3.05, 3.63) is 36.2 Å². The number of aliphatic hydroxyl groups is 1. The first-order valence-corrected chi connectivity index (χ1v) is 8.21. The van der Waals surface area contributed by atoms with Crippen LogP contribution in [0.1, 0.15) is 23.7 Å². The lowest BCUT2D eigenvalue weighted by Crippen LogP contribution is -2.50. The number of tetrazole rings is 1. The van der Waals surface area contributed by atoms with Gasteiger partial charge in [0.1, 0.15) is 6.33 Å². The number of amides is 1. The van der Waals surface area contributed by atoms with Gasteiger partial charge in [-0.25, -0.2) is 0 Å². The molecule has 1 aromatic heterocycles. The van der Waals surface area contributed by atoms with Crippen LogP contribution in [0.15, 0.2) is 30.6 Å². The van der Waals surface area contributed by atoms with Gasteiger partial charge in [0.15, 0.2) is 0 Å². The number of piperazine rings is 1. The fourth-order valence-electron chi connectivity index (χ4n) is 2.86. The van der Waals surface area contributed by atoms with E-state index < -0.39 is 0 Å². The molecule has 0 radical (unpaired) electrons. The Morgan fingerprint density at radius 3 is 2.67 bits per heavy atom. The Labute approximate surface area is 140 Å². The molecule has 0 saturated carbocycles. The molecule has 1 fully saturated rings. The zero-order chi connectivity index (χ0) is 16.9. The molecule has 8 heteroatoms. The van der Waals surface area contributed by atoms with E-state index >= 15 is 0 Å². The minimum atomic E-state index is -0.298. The van der Waals surface area contributed by atoms with Crippen molar-refractivity contribution in [3.63, 3.8) is 0 Å². The number of aromatic nitrogens is 4. The van der Waals surface area contributed by atoms with Crippen LogP contribution in [-0.4, -0.2) is 79.8 Å². The van der Waals surface area contributed by atoms with Crippen molar-refractivity contribution in [2.75, 3.05) is 32.7 Å². The summed E-state index contributed by atoms with van der Waals surface area (Å²) >= 11 is 0. The predicted octanol–water partition coefficient (Wildman–Crippen LogP) is 0.191. The highest BCUT2D eigenvalue weighted by atomic mass is 16.3. The van der Waals surface area contributed by atoms with E-state index in [1.165, 1.54) is 11.0 Å². The molecule has 1 aliphatic heterocycles. The number of nitrogens with zero attached hydrogens (tertiary/aromatic N) is 6. The van der Waals surface area contributed by atoms with E-state index in [9.17, 15) is 9.90 Å². The van der Waals surface area contributed by atoms with Gasteiger partial charge in [-0.05, 0) is 29.0 Å². The summed E-state index contributed by atoms with van der Waals surface area (Å²) in [6.45, 7) is 5.49. The molecule has 1 N–H and O–H groups in total. The molecular weight excluding hydrogens is 308 g/mol. The van der Waals surface area contributed by atoms with E-state index in [1.54, 1.807) is 6.07 Å². The van der Waals surface area contributed by atoms with Gasteiger partial charge in [-0.15, -0.1) is 5.10 Å². The summed E-state index contributed by atoms with van der Waals surface area (Å²) in [5.41, 5.74) is 1.27. The summed E-state index contributed by atoms with van der Waals surface area (Å²) in [7, 11) is 0. The number of benzene rings is 1. The lowest BCUT2D eigenvalue weighted by molar-refractivity contribution is 0.0523. The van der Waals surface area contributed by atoms with E-state index in [1.807, 2.05) is 30.0 Å². The normalized spacial score (nSPS) is 17.0. The molecule has 2 heterocycles. The second-order valence-electron chi connectivity index (χ2n) is 5.93. The van der Waals surface area contributed by atoms with Crippen molar-refractivity contribution >= 4 is 5.91 Å². The Balaban J connectivity index is 1.68. The molecular formula is C16H22N6O2. The van der Waals surface area contributed by atoms with Gasteiger partial charge in [-0.3, -0.25) is 9.69 Å². The molecule has 1 aliphatic rings. The van der Waals surface area contributed by atoms with Crippen molar-refractivity contribution in [2.24, 2.45) is 0 Å². The van der Waals surface area contributed by atoms with Crippen molar-refractivity contribution < 1.29 is 9.90 Å². The average molecular weight is 330 g/mol. The minimum Gasteiger partial charge on any atom is -0.392 e. The molecule has 0 spiro atoms. The molecule has 1 aromatic carbocycles. The number of hydrogen-bond donors (Lipinski definition) is 1. The number of carbonyl (C=O) groups excluding carboxylic acids is 1. The molecule has 3 rings (SSSR count). The van der Waals surface area contributed by atoms with Crippen molar-refractivity contribution in [1.29, 1.82) is 0 Å². The fraction of sp³-hybridized carbons (Fsp3) is 0.500. The predicted molar refractivity (Wildman–Crippen MR) is 87.8 cm³/mol. The maximum atomic E-state index is 12.9. The van der Waals surface area contributed by atoms with Crippen LogP contribution in [0.5, 0.6) is 0 Å². The van der Waals surface area contributed by atoms with Gasteiger partial charge in [0.2, 0.25) is 0 Å². The van der Waals surface area contributed by atoms with Crippen molar-refractivity contribution in [3.8, 4) is 5.69 Å². The van der Waals surface area contributed by atoms with Gasteiger partial charge in [-0.2, -0.15) is 4.68 Å². The van der Waals surface area contributed by atoms with Gasteiger partial charge in [0.05, 0.1) is 17.4 Å². The first-order chi connectivity index (χ1) is 11.7. The maximum Gasteiger partial charge on any atom is 0.256 e. The molecule has 8 nitrogen and oxygen atoms in total. The number of rotatable bonds is 5. The monoisotopic (exact) mass is 330 g/mol. The molecule has 24 heavy (non-hydrogen) atoms. The lowest BCUT2D eigenvalue weighted by Gasteiger charge is -2.35. The highest BCUT2D eigenvalue weighted by molar-refractivity contribution is 5.97. The Kier molecular flexibility index (Phi) is 5.17. The average Bonchev–Trinajstić information content (AvgIpc) is 3.16. The molecule has 0 bridgehead atoms. The number of β-amino-alcohol motifs (C(OH)–C–C–N with tert-alkyl or cyclic N) is 1. The first-order valence-electron chi connectivity index (χ1n) is 8.21. The highest BCUT2D eigenvalue weighted by Gasteiger charge is 2.25. The second-order valence-corrected chi connectivity index (χ2v) is 5.93. The SMILES string of the molecule is CC[C@@H](O)CN1CCN(C(=O)c2ccccc2-n2cnnn2)CC1. The standard InChI is InChI=1S/C16H22N6O2/c1-2-13(23)11-20-7-9-21(10-8-20)16(24)14-5-3-4-6-15(14)22-12-17-18-19-22/h3-6,12-13,23H,2,7-11H2,1H3/t13-/m1/s1. The first kappa shape index (κ1) is 16.5. The Morgan fingerprint density at radius 2 is 2.00 bits per heavy atom. The van der Waals surface area contributed by atoms with E-state index in [0.717, 1.165) is 19.5 Å². The topological polar surface area (TPSA) is 87.4 Å². The fourth-order valence-corrected chi connectivity index (χ4v) is 2.86. The number of aliphatic hydroxyl groups excluding tert-OH is 1. The number of para-hydroxylation sites is 1. The molecule has 1 amide bonds. The molecule has 2 aromatic rings. The third-order valence-corrected chi connectivity index (χ3v) is 4.33. The Hall–Kier alpha value is -2.32. The molecule has 0 unspecified atom stereocenters. The summed E-state index contributed by atoms with van der Waals surface area (Å²) in [6, 6.07) is 7.33. The van der Waals surface area contributed by atoms with Gasteiger partial charge < -0.3 is 10.0 Å². The zero-order valence-electron chi connectivity index (χ0n) is 13.7. The summed E-state index contributed by atoms with van der Waals surface area (Å²) in [6.07, 6.45) is 1.93. The Bertz CT molecular complexity index is 667. The molecule has 128 valence electrons. The summed E-state index contributed by atoms with van der Waals surface area (Å²) in [4.78, 5) is 16.9. The smallest absolute Gasteiger partial charge is 0.256 e. The van der Waals surface area contributed by atoms with Crippen molar-refractivity contribution in [2.45, 2.75) is 19.4 Å². The highest BCUT2D eigenvalue weighted by Crippen LogP contribution is 2.16. The van der Waals surface area contributed by atoms with Gasteiger partial charge >= 0.3 is 0 Å². The maximum absolute atomic E-state index is 12.9. The van der Waals surface area contributed by atoms with Gasteiger partial charge in [0, 0.05) is 32.7 Å². The summed E-state index contributed by atoms with van der Waals surface area (Å²) in [5, 5.41) is 20.9. The largest absolute Gasteiger partial charge is 0.392 e. The summed E-state index contributed by atoms with van der Waals surface area (Å²) in [5.74, 6) is -0.0169. The van der Waals surface area contributed by atoms with E-state index in [2.05, 4.69) is 20.4 Å². The third kappa shape index (κ3) is 3.60. The van der Waals surface area contributed by atoms with Crippen LogP contribution in [0.25, 0.3) is 5.69 Å². The van der Waals surface area contributed by atoms with E-state index in [-0.39, 0.29) is 12.0 Å². The molecule has 0 aliphatic carbocycles. The van der Waals surface area contributed by atoms with Crippen LogP contribution in [0, 0.1) is 0 Å². The number of hydrogen-bond acceptors (Lipinski definition) is 6. The van der Waals surface area contributed by atoms with Gasteiger partial charge in [0.25, 0.3) is 5.91 Å². The summed E-state index contributed by atoms with van der Waals surface area (Å²) < 4.78 is 1.50. The van der Waals surface area contributed by atoms with Crippen LogP contribution in [0.3, 0.4) is 0 Å². The van der Waals surface area contributed by atoms with Crippen LogP contribution < -0.4 is 0 Å². The molecule has 1 atom stereocenters. The number of carbonyl (C=O) groups is 1. The van der Waals surface area contributed by atoms with Crippen LogP contribution >= 0.6 is 0 Å². The zero-order valence-corrected chi connectivity index (χ0v) is 13.7. The van der Waals surface area contributed by atoms with Crippen LogP contribution in [0.4, 0.5) is 0 Å². The second kappa shape index (κ2) is 7.50. The van der Waals surface area contributed by atoms with Gasteiger partial charge in [-0.1, -0.05) is 19.1 Å².